The Morgan fingerprint density at radius 1 is 0.951 bits per heavy atom. The van der Waals surface area contributed by atoms with E-state index in [0.29, 0.717) is 56.3 Å². The molecule has 11 heteroatoms. The normalized spacial score (nSPS) is 17.7. The number of para-hydroxylation sites is 1. The third-order valence-electron chi connectivity index (χ3n) is 7.56. The number of fused-ring (bicyclic) bond motifs is 1. The first-order valence-corrected chi connectivity index (χ1v) is 15.6. The lowest BCUT2D eigenvalue weighted by molar-refractivity contribution is -0.137. The highest BCUT2D eigenvalue weighted by Gasteiger charge is 2.32. The maximum atomic E-state index is 13.8. The molecule has 41 heavy (non-hydrogen) atoms. The molecule has 8 nitrogen and oxygen atoms in total. The molecule has 0 aromatic heterocycles. The summed E-state index contributed by atoms with van der Waals surface area (Å²) in [5.41, 5.74) is 3.85. The molecule has 0 saturated carbocycles. The predicted octanol–water partition coefficient (Wildman–Crippen LogP) is 3.26. The van der Waals surface area contributed by atoms with E-state index in [4.69, 9.17) is 11.6 Å². The van der Waals surface area contributed by atoms with Crippen molar-refractivity contribution in [2.24, 2.45) is 0 Å². The summed E-state index contributed by atoms with van der Waals surface area (Å²) in [7, 11) is -3.39. The molecule has 2 amide bonds. The van der Waals surface area contributed by atoms with Gasteiger partial charge in [0.2, 0.25) is 11.8 Å². The maximum absolute atomic E-state index is 13.8. The monoisotopic (exact) mass is 616 g/mol. The van der Waals surface area contributed by atoms with Crippen LogP contribution < -0.4 is 15.5 Å². The topological polar surface area (TPSA) is 98.8 Å². The number of nitrogens with zero attached hydrogens (tertiary/aromatic N) is 2. The van der Waals surface area contributed by atoms with Gasteiger partial charge in [0, 0.05) is 50.4 Å². The first kappa shape index (κ1) is 30.8. The summed E-state index contributed by atoms with van der Waals surface area (Å²) in [5, 5.41) is 6.94. The zero-order chi connectivity index (χ0) is 28.3. The third-order valence-corrected chi connectivity index (χ3v) is 8.96. The van der Waals surface area contributed by atoms with Gasteiger partial charge in [-0.2, -0.15) is 0 Å². The highest BCUT2D eigenvalue weighted by Crippen LogP contribution is 2.26. The van der Waals surface area contributed by atoms with Gasteiger partial charge in [0.05, 0.1) is 16.6 Å². The first-order valence-electron chi connectivity index (χ1n) is 13.4. The average molecular weight is 618 g/mol. The van der Waals surface area contributed by atoms with E-state index < -0.39 is 21.9 Å². The van der Waals surface area contributed by atoms with Gasteiger partial charge in [-0.05, 0) is 47.4 Å². The second kappa shape index (κ2) is 13.2. The van der Waals surface area contributed by atoms with Crippen LogP contribution in [0, 0.1) is 0 Å². The fourth-order valence-corrected chi connectivity index (χ4v) is 6.42. The van der Waals surface area contributed by atoms with Crippen molar-refractivity contribution in [2.45, 2.75) is 36.4 Å². The van der Waals surface area contributed by atoms with Crippen LogP contribution in [-0.2, 0) is 38.8 Å². The zero-order valence-electron chi connectivity index (χ0n) is 22.8. The molecule has 2 N–H and O–H groups in total. The number of carbonyl (C=O) groups is 2. The summed E-state index contributed by atoms with van der Waals surface area (Å²) < 4.78 is 24.6. The van der Waals surface area contributed by atoms with E-state index in [1.807, 2.05) is 41.3 Å². The van der Waals surface area contributed by atoms with Crippen molar-refractivity contribution >= 4 is 51.3 Å². The molecule has 3 aromatic rings. The number of hydrogen-bond donors (Lipinski definition) is 2. The first-order chi connectivity index (χ1) is 19.2. The Bertz CT molecular complexity index is 1490. The molecular formula is C30H34Cl2N4O4S. The van der Waals surface area contributed by atoms with Crippen LogP contribution in [-0.4, -0.2) is 69.7 Å². The van der Waals surface area contributed by atoms with Gasteiger partial charge in [-0.25, -0.2) is 8.42 Å². The number of amides is 2. The van der Waals surface area contributed by atoms with E-state index in [1.165, 1.54) is 11.8 Å². The SMILES string of the molecule is CS(=O)(=O)c1ccccc1N1CCN(C(=O)[C@@H](Cc2ccc(Cl)cc2)NC(=O)[C@H]2Cc3ccccc3CN2)CC1.Cl. The molecule has 2 aliphatic heterocycles. The van der Waals surface area contributed by atoms with E-state index in [2.05, 4.69) is 16.7 Å². The number of carbonyl (C=O) groups excluding carboxylic acids is 2. The van der Waals surface area contributed by atoms with Gasteiger partial charge in [0.1, 0.15) is 6.04 Å². The van der Waals surface area contributed by atoms with Crippen LogP contribution in [0.1, 0.15) is 16.7 Å². The van der Waals surface area contributed by atoms with Gasteiger partial charge < -0.3 is 20.4 Å². The zero-order valence-corrected chi connectivity index (χ0v) is 25.1. The second-order valence-corrected chi connectivity index (χ2v) is 12.8. The number of piperazine rings is 1. The van der Waals surface area contributed by atoms with E-state index in [1.54, 1.807) is 35.2 Å². The van der Waals surface area contributed by atoms with Gasteiger partial charge in [-0.15, -0.1) is 12.4 Å². The average Bonchev–Trinajstić information content (AvgIpc) is 2.97. The van der Waals surface area contributed by atoms with Crippen LogP contribution in [0.15, 0.2) is 77.7 Å². The van der Waals surface area contributed by atoms with Crippen molar-refractivity contribution < 1.29 is 18.0 Å². The molecule has 2 heterocycles. The lowest BCUT2D eigenvalue weighted by Crippen LogP contribution is -2.58. The van der Waals surface area contributed by atoms with Crippen molar-refractivity contribution in [1.82, 2.24) is 15.5 Å². The molecule has 2 aliphatic rings. The van der Waals surface area contributed by atoms with Crippen molar-refractivity contribution in [2.75, 3.05) is 37.3 Å². The van der Waals surface area contributed by atoms with Gasteiger partial charge in [0.15, 0.2) is 9.84 Å². The van der Waals surface area contributed by atoms with Crippen LogP contribution in [0.2, 0.25) is 5.02 Å². The summed E-state index contributed by atoms with van der Waals surface area (Å²) in [5.74, 6) is -0.363. The van der Waals surface area contributed by atoms with E-state index in [-0.39, 0.29) is 29.1 Å². The smallest absolute Gasteiger partial charge is 0.245 e. The number of anilines is 1. The molecule has 2 atom stereocenters. The Morgan fingerprint density at radius 2 is 1.59 bits per heavy atom. The Kier molecular flexibility index (Phi) is 9.96. The van der Waals surface area contributed by atoms with Crippen molar-refractivity contribution in [3.63, 3.8) is 0 Å². The molecule has 1 fully saturated rings. The van der Waals surface area contributed by atoms with Crippen LogP contribution in [0.25, 0.3) is 0 Å². The van der Waals surface area contributed by atoms with E-state index in [9.17, 15) is 18.0 Å². The molecule has 218 valence electrons. The number of sulfone groups is 1. The standard InChI is InChI=1S/C30H33ClN4O4S.ClH/c1-40(38,39)28-9-5-4-8-27(28)34-14-16-35(17-15-34)30(37)26(18-21-10-12-24(31)13-11-21)33-29(36)25-19-22-6-2-3-7-23(22)20-32-25;/h2-13,25-26,32H,14-20H2,1H3,(H,33,36);1H/t25-,26-;/m1./s1. The molecule has 0 aliphatic carbocycles. The molecule has 0 unspecified atom stereocenters. The molecule has 3 aromatic carbocycles. The number of halogens is 2. The maximum Gasteiger partial charge on any atom is 0.245 e. The predicted molar refractivity (Wildman–Crippen MR) is 163 cm³/mol. The minimum absolute atomic E-state index is 0. The Balaban J connectivity index is 0.00000387. The van der Waals surface area contributed by atoms with Gasteiger partial charge in [-0.1, -0.05) is 60.1 Å². The summed E-state index contributed by atoms with van der Waals surface area (Å²) >= 11 is 6.07. The minimum atomic E-state index is -3.39. The number of rotatable bonds is 7. The third kappa shape index (κ3) is 7.40. The summed E-state index contributed by atoms with van der Waals surface area (Å²) in [4.78, 5) is 31.2. The van der Waals surface area contributed by atoms with Crippen LogP contribution in [0.5, 0.6) is 0 Å². The van der Waals surface area contributed by atoms with E-state index in [0.717, 1.165) is 11.1 Å². The van der Waals surface area contributed by atoms with E-state index >= 15 is 0 Å². The fourth-order valence-electron chi connectivity index (χ4n) is 5.39. The molecule has 5 rings (SSSR count). The lowest BCUT2D eigenvalue weighted by atomic mass is 9.95. The molecule has 1 saturated heterocycles. The highest BCUT2D eigenvalue weighted by atomic mass is 35.5. The highest BCUT2D eigenvalue weighted by molar-refractivity contribution is 7.90. The summed E-state index contributed by atoms with van der Waals surface area (Å²) in [6, 6.07) is 21.1. The molecule has 0 bridgehead atoms. The second-order valence-electron chi connectivity index (χ2n) is 10.4. The largest absolute Gasteiger partial charge is 0.367 e. The fraction of sp³-hybridized carbons (Fsp3) is 0.333. The van der Waals surface area contributed by atoms with Crippen LogP contribution >= 0.6 is 24.0 Å². The van der Waals surface area contributed by atoms with Gasteiger partial charge in [-0.3, -0.25) is 9.59 Å². The number of nitrogens with one attached hydrogen (secondary N) is 2. The Morgan fingerprint density at radius 3 is 2.27 bits per heavy atom. The number of hydrogen-bond acceptors (Lipinski definition) is 6. The van der Waals surface area contributed by atoms with Crippen LogP contribution in [0.4, 0.5) is 5.69 Å². The quantitative estimate of drug-likeness (QED) is 0.423. The molecular weight excluding hydrogens is 583 g/mol. The van der Waals surface area contributed by atoms with Crippen molar-refractivity contribution in [1.29, 1.82) is 0 Å². The number of benzene rings is 3. The Labute approximate surface area is 252 Å². The minimum Gasteiger partial charge on any atom is -0.367 e. The van der Waals surface area contributed by atoms with Gasteiger partial charge in [0.25, 0.3) is 0 Å². The van der Waals surface area contributed by atoms with Gasteiger partial charge >= 0.3 is 0 Å². The van der Waals surface area contributed by atoms with Crippen molar-refractivity contribution in [3.05, 3.63) is 94.5 Å². The molecule has 0 spiro atoms. The summed E-state index contributed by atoms with van der Waals surface area (Å²) in [6.07, 6.45) is 2.10. The summed E-state index contributed by atoms with van der Waals surface area (Å²) in [6.45, 7) is 2.40. The Hall–Kier alpha value is -3.11. The van der Waals surface area contributed by atoms with Crippen LogP contribution in [0.3, 0.4) is 0 Å². The molecule has 0 radical (unpaired) electrons. The lowest BCUT2D eigenvalue weighted by Gasteiger charge is -2.38. The van der Waals surface area contributed by atoms with Crippen molar-refractivity contribution in [3.8, 4) is 0 Å².